The number of halogens is 6. The minimum absolute atomic E-state index is 0.0232. The highest BCUT2D eigenvalue weighted by Crippen LogP contribution is 2.34. The summed E-state index contributed by atoms with van der Waals surface area (Å²) in [6.07, 6.45) is -8.93. The Hall–Kier alpha value is -3.91. The Morgan fingerprint density at radius 2 is 1.43 bits per heavy atom. The second-order valence-corrected chi connectivity index (χ2v) is 11.6. The van der Waals surface area contributed by atoms with Gasteiger partial charge < -0.3 is 9.94 Å². The number of sulfonamides is 1. The molecule has 7 nitrogen and oxygen atoms in total. The number of carboxylic acid groups (broad SMARTS) is 1. The number of oxime groups is 1. The molecule has 1 aliphatic rings. The molecule has 3 aromatic rings. The van der Waals surface area contributed by atoms with Crippen molar-refractivity contribution in [3.8, 4) is 0 Å². The van der Waals surface area contributed by atoms with Crippen LogP contribution in [0.15, 0.2) is 76.8 Å². The lowest BCUT2D eigenvalue weighted by Crippen LogP contribution is -2.31. The fourth-order valence-electron chi connectivity index (χ4n) is 4.51. The molecule has 0 radical (unpaired) electrons. The summed E-state index contributed by atoms with van der Waals surface area (Å²) in [6.45, 7) is -0.529. The average Bonchev–Trinajstić information content (AvgIpc) is 3.37. The highest BCUT2D eigenvalue weighted by atomic mass is 32.2. The van der Waals surface area contributed by atoms with Crippen LogP contribution in [0.25, 0.3) is 0 Å². The Bertz CT molecular complexity index is 1530. The van der Waals surface area contributed by atoms with Gasteiger partial charge in [-0.25, -0.2) is 8.42 Å². The van der Waals surface area contributed by atoms with Crippen molar-refractivity contribution in [2.75, 3.05) is 20.2 Å². The van der Waals surface area contributed by atoms with Crippen molar-refractivity contribution in [1.82, 2.24) is 4.31 Å². The molecule has 3 aromatic carbocycles. The minimum Gasteiger partial charge on any atom is -0.481 e. The molecular formula is C28H24F6N2O5S. The van der Waals surface area contributed by atoms with E-state index in [-0.39, 0.29) is 47.7 Å². The highest BCUT2D eigenvalue weighted by molar-refractivity contribution is 7.89. The molecule has 0 heterocycles. The van der Waals surface area contributed by atoms with Crippen LogP contribution in [0.1, 0.15) is 33.4 Å². The van der Waals surface area contributed by atoms with Crippen LogP contribution < -0.4 is 0 Å². The summed E-state index contributed by atoms with van der Waals surface area (Å²) < 4.78 is 106. The second-order valence-electron chi connectivity index (χ2n) is 9.59. The number of hydrogen-bond donors (Lipinski definition) is 1. The number of likely N-dealkylation sites (N-methyl/N-ethyl adjacent to an activating group) is 1. The van der Waals surface area contributed by atoms with E-state index in [1.807, 2.05) is 0 Å². The zero-order valence-corrected chi connectivity index (χ0v) is 22.7. The molecule has 1 aliphatic carbocycles. The van der Waals surface area contributed by atoms with Crippen LogP contribution in [0.5, 0.6) is 0 Å². The van der Waals surface area contributed by atoms with Crippen LogP contribution in [0.3, 0.4) is 0 Å². The molecule has 0 bridgehead atoms. The molecule has 0 aromatic heterocycles. The smallest absolute Gasteiger partial charge is 0.416 e. The summed E-state index contributed by atoms with van der Waals surface area (Å²) >= 11 is 0. The third-order valence-electron chi connectivity index (χ3n) is 6.81. The maximum atomic E-state index is 13.3. The molecule has 0 saturated heterocycles. The molecule has 0 aliphatic heterocycles. The molecule has 0 fully saturated rings. The first kappa shape index (κ1) is 31.0. The Morgan fingerprint density at radius 3 is 1.90 bits per heavy atom. The predicted molar refractivity (Wildman–Crippen MR) is 139 cm³/mol. The van der Waals surface area contributed by atoms with E-state index >= 15 is 0 Å². The first-order valence-electron chi connectivity index (χ1n) is 12.4. The van der Waals surface area contributed by atoms with Gasteiger partial charge in [-0.2, -0.15) is 30.6 Å². The van der Waals surface area contributed by atoms with Gasteiger partial charge in [0.25, 0.3) is 0 Å². The van der Waals surface area contributed by atoms with E-state index in [0.29, 0.717) is 11.1 Å². The fraction of sp³-hybridized carbons (Fsp3) is 0.286. The van der Waals surface area contributed by atoms with Crippen LogP contribution in [0.2, 0.25) is 0 Å². The Labute approximate surface area is 237 Å². The van der Waals surface area contributed by atoms with Crippen molar-refractivity contribution in [2.24, 2.45) is 11.1 Å². The van der Waals surface area contributed by atoms with E-state index in [1.165, 1.54) is 19.2 Å². The van der Waals surface area contributed by atoms with Gasteiger partial charge in [0.1, 0.15) is 12.3 Å². The maximum Gasteiger partial charge on any atom is 0.416 e. The van der Waals surface area contributed by atoms with Crippen molar-refractivity contribution in [3.05, 3.63) is 100 Å². The number of aliphatic carboxylic acids is 1. The third-order valence-corrected chi connectivity index (χ3v) is 8.75. The first-order valence-corrected chi connectivity index (χ1v) is 13.9. The van der Waals surface area contributed by atoms with Gasteiger partial charge >= 0.3 is 18.3 Å². The van der Waals surface area contributed by atoms with E-state index in [9.17, 15) is 44.7 Å². The maximum absolute atomic E-state index is 13.3. The SMILES string of the molecule is CN(CCON=C(c1ccc(C(F)(F)F)cc1)c1ccc(C(F)(F)F)cc1)S(=O)(=O)c1cccc2c1CC(C(=O)O)C2. The number of benzene rings is 3. The van der Waals surface area contributed by atoms with E-state index < -0.39 is 45.4 Å². The summed E-state index contributed by atoms with van der Waals surface area (Å²) in [5.41, 5.74) is -0.629. The summed E-state index contributed by atoms with van der Waals surface area (Å²) in [5.74, 6) is -1.75. The van der Waals surface area contributed by atoms with Crippen LogP contribution in [-0.2, 0) is 44.8 Å². The zero-order valence-electron chi connectivity index (χ0n) is 21.9. The first-order chi connectivity index (χ1) is 19.6. The monoisotopic (exact) mass is 614 g/mol. The summed E-state index contributed by atoms with van der Waals surface area (Å²) in [7, 11) is -2.77. The third kappa shape index (κ3) is 6.76. The standard InChI is InChI=1S/C28H24F6N2O5S/c1-36(42(39,40)24-4-2-3-19-15-20(26(37)38)16-23(19)24)13-14-41-35-25(17-5-9-21(10-6-17)27(29,30)31)18-7-11-22(12-8-18)28(32,33)34/h2-12,20H,13-16H2,1H3,(H,37,38). The van der Waals surface area contributed by atoms with Gasteiger partial charge in [-0.1, -0.05) is 41.6 Å². The number of nitrogens with zero attached hydrogens (tertiary/aromatic N) is 2. The Balaban J connectivity index is 1.53. The fourth-order valence-corrected chi connectivity index (χ4v) is 5.94. The lowest BCUT2D eigenvalue weighted by molar-refractivity contribution is -0.141. The van der Waals surface area contributed by atoms with Crippen LogP contribution in [0, 0.1) is 5.92 Å². The van der Waals surface area contributed by atoms with E-state index in [1.54, 1.807) is 6.07 Å². The van der Waals surface area contributed by atoms with E-state index in [4.69, 9.17) is 4.84 Å². The second kappa shape index (κ2) is 11.8. The molecule has 42 heavy (non-hydrogen) atoms. The quantitative estimate of drug-likeness (QED) is 0.146. The van der Waals surface area contributed by atoms with Crippen molar-refractivity contribution in [1.29, 1.82) is 0 Å². The van der Waals surface area contributed by atoms with Gasteiger partial charge in [0, 0.05) is 18.2 Å². The number of rotatable bonds is 9. The Kier molecular flexibility index (Phi) is 8.69. The van der Waals surface area contributed by atoms with E-state index in [0.717, 1.165) is 52.8 Å². The van der Waals surface area contributed by atoms with Crippen molar-refractivity contribution in [3.63, 3.8) is 0 Å². The zero-order chi connectivity index (χ0) is 30.9. The summed E-state index contributed by atoms with van der Waals surface area (Å²) in [6, 6.07) is 12.2. The predicted octanol–water partition coefficient (Wildman–Crippen LogP) is 5.61. The van der Waals surface area contributed by atoms with Crippen molar-refractivity contribution in [2.45, 2.75) is 30.1 Å². The van der Waals surface area contributed by atoms with Gasteiger partial charge in [0.2, 0.25) is 10.0 Å². The van der Waals surface area contributed by atoms with Crippen LogP contribution in [-0.4, -0.2) is 49.7 Å². The van der Waals surface area contributed by atoms with Crippen molar-refractivity contribution < 1.29 is 49.5 Å². The van der Waals surface area contributed by atoms with Gasteiger partial charge in [0.05, 0.1) is 28.5 Å². The molecule has 1 N–H and O–H groups in total. The van der Waals surface area contributed by atoms with Crippen LogP contribution in [0.4, 0.5) is 26.3 Å². The largest absolute Gasteiger partial charge is 0.481 e. The van der Waals surface area contributed by atoms with E-state index in [2.05, 4.69) is 5.16 Å². The normalized spacial score (nSPS) is 15.4. The van der Waals surface area contributed by atoms with Crippen molar-refractivity contribution >= 4 is 21.7 Å². The molecule has 4 rings (SSSR count). The number of alkyl halides is 6. The highest BCUT2D eigenvalue weighted by Gasteiger charge is 2.34. The van der Waals surface area contributed by atoms with Gasteiger partial charge in [-0.05, 0) is 54.3 Å². The molecule has 0 saturated carbocycles. The topological polar surface area (TPSA) is 96.3 Å². The number of hydrogen-bond acceptors (Lipinski definition) is 5. The molecule has 0 amide bonds. The number of fused-ring (bicyclic) bond motifs is 1. The average molecular weight is 615 g/mol. The molecular weight excluding hydrogens is 590 g/mol. The lowest BCUT2D eigenvalue weighted by Gasteiger charge is -2.19. The molecule has 224 valence electrons. The number of carbonyl (C=O) groups is 1. The molecule has 1 atom stereocenters. The summed E-state index contributed by atoms with van der Waals surface area (Å²) in [5, 5.41) is 13.3. The summed E-state index contributed by atoms with van der Waals surface area (Å²) in [4.78, 5) is 16.7. The molecule has 14 heteroatoms. The molecule has 0 spiro atoms. The Morgan fingerprint density at radius 1 is 0.905 bits per heavy atom. The molecule has 1 unspecified atom stereocenters. The number of carboxylic acids is 1. The van der Waals surface area contributed by atoms with Gasteiger partial charge in [-0.15, -0.1) is 0 Å². The van der Waals surface area contributed by atoms with Gasteiger partial charge in [-0.3, -0.25) is 4.79 Å². The lowest BCUT2D eigenvalue weighted by atomic mass is 10.00. The minimum atomic E-state index is -4.61. The van der Waals surface area contributed by atoms with Gasteiger partial charge in [0.15, 0.2) is 0 Å². The van der Waals surface area contributed by atoms with Crippen LogP contribution >= 0.6 is 0 Å².